The van der Waals surface area contributed by atoms with Gasteiger partial charge in [0.05, 0.1) is 18.2 Å². The molecule has 0 bridgehead atoms. The number of halogens is 1. The van der Waals surface area contributed by atoms with Gasteiger partial charge in [-0.05, 0) is 56.0 Å². The monoisotopic (exact) mass is 555 g/mol. The molecule has 4 fully saturated rings. The van der Waals surface area contributed by atoms with Gasteiger partial charge in [-0.1, -0.05) is 31.4 Å². The van der Waals surface area contributed by atoms with E-state index in [9.17, 15) is 5.11 Å². The molecule has 3 aliphatic heterocycles. The number of fused-ring (bicyclic) bond motifs is 2. The Bertz CT molecular complexity index is 1380. The van der Waals surface area contributed by atoms with E-state index >= 15 is 0 Å². The highest BCUT2D eigenvalue weighted by atomic mass is 35.5. The molecule has 1 N–H and O–H groups in total. The first-order valence-corrected chi connectivity index (χ1v) is 14.2. The Morgan fingerprint density at radius 3 is 2.77 bits per heavy atom. The minimum Gasteiger partial charge on any atom is -0.491 e. The number of aliphatic hydroxyl groups is 1. The number of aliphatic hydroxyl groups excluding tert-OH is 1. The predicted molar refractivity (Wildman–Crippen MR) is 144 cm³/mol. The summed E-state index contributed by atoms with van der Waals surface area (Å²) in [6, 6.07) is 7.36. The van der Waals surface area contributed by atoms with E-state index in [1.54, 1.807) is 10.9 Å². The number of ether oxygens (including phenoxy) is 4. The van der Waals surface area contributed by atoms with Crippen molar-refractivity contribution in [2.24, 2.45) is 5.41 Å². The van der Waals surface area contributed by atoms with Crippen LogP contribution in [-0.2, 0) is 26.5 Å². The van der Waals surface area contributed by atoms with Gasteiger partial charge in [-0.2, -0.15) is 15.1 Å². The highest BCUT2D eigenvalue weighted by Crippen LogP contribution is 2.49. The van der Waals surface area contributed by atoms with Crippen molar-refractivity contribution in [1.29, 1.82) is 0 Å². The van der Waals surface area contributed by atoms with Crippen LogP contribution in [0.4, 0.5) is 5.82 Å². The second-order valence-electron chi connectivity index (χ2n) is 11.9. The molecule has 39 heavy (non-hydrogen) atoms. The van der Waals surface area contributed by atoms with Gasteiger partial charge in [0.15, 0.2) is 11.4 Å². The SMILES string of the molecule is CC1(C)O[C@@H]2[C@@H](COc3cccc(CO)c3)OC[C@@]2(n2ncc3c(N4CC5(CCCCC5)C4)nc(Cl)nc32)O1. The van der Waals surface area contributed by atoms with E-state index in [2.05, 4.69) is 14.9 Å². The second-order valence-corrected chi connectivity index (χ2v) is 12.2. The van der Waals surface area contributed by atoms with Gasteiger partial charge < -0.3 is 29.0 Å². The van der Waals surface area contributed by atoms with E-state index in [0.717, 1.165) is 29.9 Å². The molecule has 1 saturated carbocycles. The molecule has 3 aromatic rings. The Kier molecular flexibility index (Phi) is 6.06. The summed E-state index contributed by atoms with van der Waals surface area (Å²) < 4.78 is 27.0. The largest absolute Gasteiger partial charge is 0.491 e. The maximum atomic E-state index is 9.46. The van der Waals surface area contributed by atoms with Crippen molar-refractivity contribution in [2.75, 3.05) is 31.2 Å². The van der Waals surface area contributed by atoms with Crippen molar-refractivity contribution in [2.45, 2.75) is 76.3 Å². The molecule has 1 spiro atoms. The van der Waals surface area contributed by atoms with Gasteiger partial charge in [0.25, 0.3) is 0 Å². The summed E-state index contributed by atoms with van der Waals surface area (Å²) in [7, 11) is 0. The standard InChI is InChI=1S/C28H34ClN5O5/c1-26(2)38-22-21(14-36-19-8-6-7-18(11-19)13-35)37-17-28(22,39-26)34-24-20(12-30-34)23(31-25(29)32-24)33-15-27(16-33)9-4-3-5-10-27/h6-8,11-12,21-22,35H,3-5,9-10,13-17H2,1-2H3/t21-,22-,28-/m1/s1. The summed E-state index contributed by atoms with van der Waals surface area (Å²) in [4.78, 5) is 11.5. The lowest BCUT2D eigenvalue weighted by atomic mass is 9.68. The Labute approximate surface area is 232 Å². The molecule has 208 valence electrons. The highest BCUT2D eigenvalue weighted by Gasteiger charge is 2.64. The molecule has 4 aliphatic rings. The number of benzene rings is 1. The quantitative estimate of drug-likeness (QED) is 0.451. The normalized spacial score (nSPS) is 29.1. The van der Waals surface area contributed by atoms with Crippen LogP contribution >= 0.6 is 11.6 Å². The molecule has 11 heteroatoms. The first kappa shape index (κ1) is 25.5. The summed E-state index contributed by atoms with van der Waals surface area (Å²) in [6.45, 7) is 6.16. The predicted octanol–water partition coefficient (Wildman–Crippen LogP) is 4.02. The van der Waals surface area contributed by atoms with E-state index in [1.807, 2.05) is 38.1 Å². The number of hydrogen-bond acceptors (Lipinski definition) is 9. The van der Waals surface area contributed by atoms with Crippen LogP contribution in [0.25, 0.3) is 11.0 Å². The molecule has 10 nitrogen and oxygen atoms in total. The molecule has 7 rings (SSSR count). The third-order valence-electron chi connectivity index (χ3n) is 8.62. The van der Waals surface area contributed by atoms with E-state index < -0.39 is 23.7 Å². The van der Waals surface area contributed by atoms with E-state index in [1.165, 1.54) is 32.1 Å². The lowest BCUT2D eigenvalue weighted by molar-refractivity contribution is -0.208. The topological polar surface area (TPSA) is 104 Å². The Balaban J connectivity index is 1.18. The number of hydrogen-bond donors (Lipinski definition) is 1. The second kappa shape index (κ2) is 9.27. The van der Waals surface area contributed by atoms with E-state index in [4.69, 9.17) is 35.6 Å². The van der Waals surface area contributed by atoms with Gasteiger partial charge in [0.2, 0.25) is 11.0 Å². The van der Waals surface area contributed by atoms with Crippen molar-refractivity contribution in [3.8, 4) is 5.75 Å². The Morgan fingerprint density at radius 1 is 1.15 bits per heavy atom. The van der Waals surface area contributed by atoms with Crippen molar-refractivity contribution >= 4 is 28.5 Å². The van der Waals surface area contributed by atoms with Crippen LogP contribution in [0.3, 0.4) is 0 Å². The maximum Gasteiger partial charge on any atom is 0.226 e. The van der Waals surface area contributed by atoms with Gasteiger partial charge >= 0.3 is 0 Å². The molecule has 2 aromatic heterocycles. The van der Waals surface area contributed by atoms with Crippen molar-refractivity contribution in [1.82, 2.24) is 19.7 Å². The molecule has 5 heterocycles. The lowest BCUT2D eigenvalue weighted by Crippen LogP contribution is -2.57. The Morgan fingerprint density at radius 2 is 1.97 bits per heavy atom. The van der Waals surface area contributed by atoms with E-state index in [-0.39, 0.29) is 25.1 Å². The van der Waals surface area contributed by atoms with Crippen LogP contribution < -0.4 is 9.64 Å². The number of aromatic nitrogens is 4. The summed E-state index contributed by atoms with van der Waals surface area (Å²) >= 11 is 6.50. The van der Waals surface area contributed by atoms with Crippen molar-refractivity contribution in [3.05, 3.63) is 41.3 Å². The van der Waals surface area contributed by atoms with Crippen molar-refractivity contribution < 1.29 is 24.1 Å². The van der Waals surface area contributed by atoms with Gasteiger partial charge in [-0.25, -0.2) is 4.68 Å². The minimum absolute atomic E-state index is 0.0504. The number of nitrogens with zero attached hydrogens (tertiary/aromatic N) is 5. The first-order chi connectivity index (χ1) is 18.8. The molecule has 3 saturated heterocycles. The molecule has 3 atom stereocenters. The van der Waals surface area contributed by atoms with Crippen LogP contribution in [0.15, 0.2) is 30.5 Å². The zero-order chi connectivity index (χ0) is 26.8. The molecule has 1 aromatic carbocycles. The fourth-order valence-electron chi connectivity index (χ4n) is 6.89. The highest BCUT2D eigenvalue weighted by molar-refractivity contribution is 6.28. The molecular formula is C28H34ClN5O5. The number of rotatable bonds is 6. The molecule has 0 amide bonds. The first-order valence-electron chi connectivity index (χ1n) is 13.8. The Hall–Kier alpha value is -2.50. The molecule has 0 unspecified atom stereocenters. The van der Waals surface area contributed by atoms with E-state index in [0.29, 0.717) is 16.8 Å². The van der Waals surface area contributed by atoms with Crippen LogP contribution in [0.5, 0.6) is 5.75 Å². The minimum atomic E-state index is -1.04. The molecule has 0 radical (unpaired) electrons. The van der Waals surface area contributed by atoms with Gasteiger partial charge in [0, 0.05) is 18.5 Å². The lowest BCUT2D eigenvalue weighted by Gasteiger charge is -2.53. The zero-order valence-corrected chi connectivity index (χ0v) is 23.1. The average molecular weight is 556 g/mol. The molecule has 1 aliphatic carbocycles. The fraction of sp³-hybridized carbons (Fsp3) is 0.607. The van der Waals surface area contributed by atoms with Crippen molar-refractivity contribution in [3.63, 3.8) is 0 Å². The number of anilines is 1. The van der Waals surface area contributed by atoms with Crippen LogP contribution in [0.1, 0.15) is 51.5 Å². The smallest absolute Gasteiger partial charge is 0.226 e. The van der Waals surface area contributed by atoms with Gasteiger partial charge in [-0.15, -0.1) is 0 Å². The summed E-state index contributed by atoms with van der Waals surface area (Å²) in [5.41, 5.74) is 0.738. The summed E-state index contributed by atoms with van der Waals surface area (Å²) in [5.74, 6) is 0.604. The fourth-order valence-corrected chi connectivity index (χ4v) is 7.05. The van der Waals surface area contributed by atoms with Gasteiger partial charge in [0.1, 0.15) is 37.0 Å². The van der Waals surface area contributed by atoms with Crippen LogP contribution in [0.2, 0.25) is 5.28 Å². The van der Waals surface area contributed by atoms with Crippen LogP contribution in [-0.4, -0.2) is 69.2 Å². The third-order valence-corrected chi connectivity index (χ3v) is 8.79. The zero-order valence-electron chi connectivity index (χ0n) is 22.3. The third kappa shape index (κ3) is 4.28. The average Bonchev–Trinajstić information content (AvgIpc) is 3.55. The maximum absolute atomic E-state index is 9.46. The van der Waals surface area contributed by atoms with Crippen LogP contribution in [0, 0.1) is 5.41 Å². The van der Waals surface area contributed by atoms with Gasteiger partial charge in [-0.3, -0.25) is 0 Å². The summed E-state index contributed by atoms with van der Waals surface area (Å²) in [5, 5.41) is 15.2. The summed E-state index contributed by atoms with van der Waals surface area (Å²) in [6.07, 6.45) is 7.40. The molecular weight excluding hydrogens is 522 g/mol.